The van der Waals surface area contributed by atoms with Gasteiger partial charge in [-0.2, -0.15) is 0 Å². The van der Waals surface area contributed by atoms with Crippen LogP contribution in [0.5, 0.6) is 0 Å². The molecule has 27 heavy (non-hydrogen) atoms. The summed E-state index contributed by atoms with van der Waals surface area (Å²) in [5, 5.41) is 15.0. The van der Waals surface area contributed by atoms with Gasteiger partial charge in [-0.15, -0.1) is 10.2 Å². The van der Waals surface area contributed by atoms with E-state index in [1.165, 1.54) is 11.8 Å². The van der Waals surface area contributed by atoms with Gasteiger partial charge in [0.05, 0.1) is 17.3 Å². The third-order valence-corrected chi connectivity index (χ3v) is 6.06. The van der Waals surface area contributed by atoms with E-state index in [9.17, 15) is 8.42 Å². The van der Waals surface area contributed by atoms with Crippen molar-refractivity contribution in [2.75, 3.05) is 11.5 Å². The minimum absolute atomic E-state index is 0.0514. The van der Waals surface area contributed by atoms with Crippen LogP contribution in [0.3, 0.4) is 0 Å². The third-order valence-electron chi connectivity index (χ3n) is 3.82. The molecule has 0 atom stereocenters. The lowest BCUT2D eigenvalue weighted by atomic mass is 10.2. The first-order valence-electron chi connectivity index (χ1n) is 8.29. The molecule has 0 spiro atoms. The lowest BCUT2D eigenvalue weighted by Crippen LogP contribution is -2.16. The number of nitrogens with two attached hydrogens (primary N) is 1. The lowest BCUT2D eigenvalue weighted by molar-refractivity contribution is 0.596. The number of aromatic nitrogens is 3. The van der Waals surface area contributed by atoms with Crippen LogP contribution in [0.4, 0.5) is 0 Å². The van der Waals surface area contributed by atoms with Crippen molar-refractivity contribution in [3.8, 4) is 11.4 Å². The van der Waals surface area contributed by atoms with Gasteiger partial charge in [0.2, 0.25) is 10.0 Å². The monoisotopic (exact) mass is 422 g/mol. The van der Waals surface area contributed by atoms with Crippen LogP contribution in [0.15, 0.2) is 59.8 Å². The summed E-state index contributed by atoms with van der Waals surface area (Å²) < 4.78 is 24.2. The highest BCUT2D eigenvalue weighted by Crippen LogP contribution is 2.30. The van der Waals surface area contributed by atoms with Crippen LogP contribution in [0, 0.1) is 0 Å². The average molecular weight is 423 g/mol. The zero-order valence-corrected chi connectivity index (χ0v) is 16.8. The summed E-state index contributed by atoms with van der Waals surface area (Å²) in [5.74, 6) is 1.20. The fourth-order valence-corrected chi connectivity index (χ4v) is 4.40. The largest absolute Gasteiger partial charge is 0.298 e. The Morgan fingerprint density at radius 1 is 1.04 bits per heavy atom. The van der Waals surface area contributed by atoms with Crippen molar-refractivity contribution in [3.05, 3.63) is 65.2 Å². The first-order valence-corrected chi connectivity index (χ1v) is 11.4. The summed E-state index contributed by atoms with van der Waals surface area (Å²) in [7, 11) is -3.45. The Morgan fingerprint density at radius 2 is 1.74 bits per heavy atom. The highest BCUT2D eigenvalue weighted by molar-refractivity contribution is 7.99. The van der Waals surface area contributed by atoms with E-state index in [1.807, 2.05) is 59.2 Å². The van der Waals surface area contributed by atoms with Crippen LogP contribution in [-0.2, 0) is 16.6 Å². The molecule has 0 radical (unpaired) electrons. The molecule has 142 valence electrons. The number of rotatable bonds is 8. The van der Waals surface area contributed by atoms with Crippen molar-refractivity contribution in [2.45, 2.75) is 18.1 Å². The number of nitrogens with zero attached hydrogens (tertiary/aromatic N) is 3. The molecule has 6 nitrogen and oxygen atoms in total. The van der Waals surface area contributed by atoms with Crippen LogP contribution in [-0.4, -0.2) is 34.7 Å². The molecule has 2 N–H and O–H groups in total. The zero-order valence-electron chi connectivity index (χ0n) is 14.5. The predicted octanol–water partition coefficient (Wildman–Crippen LogP) is 3.42. The number of halogens is 1. The summed E-state index contributed by atoms with van der Waals surface area (Å²) in [4.78, 5) is 0. The van der Waals surface area contributed by atoms with E-state index in [0.717, 1.165) is 11.1 Å². The standard InChI is InChI=1S/C18H19ClN4O2S2/c19-16-10-5-4-9-15(16)17-21-22-18(26-11-6-12-27(20,24)25)23(17)13-14-7-2-1-3-8-14/h1-5,7-10H,6,11-13H2,(H2,20,24,25). The predicted molar refractivity (Wildman–Crippen MR) is 109 cm³/mol. The van der Waals surface area contributed by atoms with Gasteiger partial charge in [0, 0.05) is 11.3 Å². The van der Waals surface area contributed by atoms with Crippen LogP contribution in [0.2, 0.25) is 5.02 Å². The lowest BCUT2D eigenvalue weighted by Gasteiger charge is -2.11. The summed E-state index contributed by atoms with van der Waals surface area (Å²) in [6.45, 7) is 0.589. The van der Waals surface area contributed by atoms with Gasteiger partial charge in [-0.3, -0.25) is 4.57 Å². The van der Waals surface area contributed by atoms with Crippen molar-refractivity contribution >= 4 is 33.4 Å². The molecule has 1 heterocycles. The zero-order chi connectivity index (χ0) is 19.3. The van der Waals surface area contributed by atoms with Gasteiger partial charge in [0.15, 0.2) is 11.0 Å². The summed E-state index contributed by atoms with van der Waals surface area (Å²) in [5.41, 5.74) is 1.91. The molecule has 2 aromatic carbocycles. The van der Waals surface area contributed by atoms with Gasteiger partial charge >= 0.3 is 0 Å². The van der Waals surface area contributed by atoms with E-state index < -0.39 is 10.0 Å². The second-order valence-corrected chi connectivity index (χ2v) is 9.13. The minimum Gasteiger partial charge on any atom is -0.298 e. The Morgan fingerprint density at radius 3 is 2.44 bits per heavy atom. The van der Waals surface area contributed by atoms with Crippen molar-refractivity contribution < 1.29 is 8.42 Å². The highest BCUT2D eigenvalue weighted by atomic mass is 35.5. The third kappa shape index (κ3) is 5.55. The molecule has 0 aliphatic carbocycles. The van der Waals surface area contributed by atoms with Gasteiger partial charge < -0.3 is 0 Å². The second kappa shape index (κ2) is 8.88. The maximum Gasteiger partial charge on any atom is 0.209 e. The molecule has 3 rings (SSSR count). The molecule has 0 aliphatic heterocycles. The maximum atomic E-state index is 11.1. The topological polar surface area (TPSA) is 90.9 Å². The summed E-state index contributed by atoms with van der Waals surface area (Å²) >= 11 is 7.81. The van der Waals surface area contributed by atoms with Crippen molar-refractivity contribution in [3.63, 3.8) is 0 Å². The second-order valence-electron chi connectivity index (χ2n) is 5.93. The molecule has 0 aliphatic rings. The summed E-state index contributed by atoms with van der Waals surface area (Å²) in [6, 6.07) is 17.5. The van der Waals surface area contributed by atoms with Crippen LogP contribution >= 0.6 is 23.4 Å². The van der Waals surface area contributed by atoms with Crippen molar-refractivity contribution in [1.29, 1.82) is 0 Å². The van der Waals surface area contributed by atoms with E-state index >= 15 is 0 Å². The SMILES string of the molecule is NS(=O)(=O)CCCSc1nnc(-c2ccccc2Cl)n1Cc1ccccc1. The van der Waals surface area contributed by atoms with Gasteiger partial charge in [0.1, 0.15) is 0 Å². The molecule has 0 saturated heterocycles. The maximum absolute atomic E-state index is 11.1. The first kappa shape index (κ1) is 19.9. The Labute approximate surface area is 167 Å². The van der Waals surface area contributed by atoms with Crippen molar-refractivity contribution in [2.24, 2.45) is 5.14 Å². The van der Waals surface area contributed by atoms with Crippen molar-refractivity contribution in [1.82, 2.24) is 14.8 Å². The molecule has 0 amide bonds. The fraction of sp³-hybridized carbons (Fsp3) is 0.222. The van der Waals surface area contributed by atoms with E-state index in [2.05, 4.69) is 10.2 Å². The fourth-order valence-electron chi connectivity index (χ4n) is 2.57. The number of thioether (sulfide) groups is 1. The summed E-state index contributed by atoms with van der Waals surface area (Å²) in [6.07, 6.45) is 0.448. The Hall–Kier alpha value is -1.87. The van der Waals surface area contributed by atoms with Crippen LogP contribution in [0.25, 0.3) is 11.4 Å². The molecule has 3 aromatic rings. The van der Waals surface area contributed by atoms with E-state index in [4.69, 9.17) is 16.7 Å². The Kier molecular flexibility index (Phi) is 6.54. The molecule has 0 unspecified atom stereocenters. The number of hydrogen-bond acceptors (Lipinski definition) is 5. The minimum atomic E-state index is -3.45. The Bertz CT molecular complexity index is 1010. The molecule has 0 saturated carbocycles. The van der Waals surface area contributed by atoms with Gasteiger partial charge in [-0.25, -0.2) is 13.6 Å². The van der Waals surface area contributed by atoms with E-state index in [0.29, 0.717) is 34.7 Å². The van der Waals surface area contributed by atoms with E-state index in [1.54, 1.807) is 0 Å². The molecular weight excluding hydrogens is 404 g/mol. The first-order chi connectivity index (χ1) is 12.9. The number of sulfonamides is 1. The van der Waals surface area contributed by atoms with Gasteiger partial charge in [-0.05, 0) is 24.1 Å². The smallest absolute Gasteiger partial charge is 0.209 e. The highest BCUT2D eigenvalue weighted by Gasteiger charge is 2.17. The molecule has 0 bridgehead atoms. The number of hydrogen-bond donors (Lipinski definition) is 1. The molecule has 9 heteroatoms. The van der Waals surface area contributed by atoms with E-state index in [-0.39, 0.29) is 5.75 Å². The van der Waals surface area contributed by atoms with Gasteiger partial charge in [-0.1, -0.05) is 65.8 Å². The molecule has 1 aromatic heterocycles. The number of benzene rings is 2. The number of primary sulfonamides is 1. The molecule has 0 fully saturated rings. The van der Waals surface area contributed by atoms with Crippen LogP contribution in [0.1, 0.15) is 12.0 Å². The molecular formula is C18H19ClN4O2S2. The van der Waals surface area contributed by atoms with Crippen LogP contribution < -0.4 is 5.14 Å². The van der Waals surface area contributed by atoms with Gasteiger partial charge in [0.25, 0.3) is 0 Å². The average Bonchev–Trinajstić information content (AvgIpc) is 3.02. The Balaban J connectivity index is 1.88. The quantitative estimate of drug-likeness (QED) is 0.443. The normalized spacial score (nSPS) is 11.6.